The zero-order chi connectivity index (χ0) is 12.3. The highest BCUT2D eigenvalue weighted by Gasteiger charge is 2.22. The molecule has 1 amide bonds. The number of halogens is 1. The van der Waals surface area contributed by atoms with Crippen LogP contribution in [0.2, 0.25) is 0 Å². The van der Waals surface area contributed by atoms with Crippen LogP contribution in [0.3, 0.4) is 0 Å². The quantitative estimate of drug-likeness (QED) is 0.884. The Morgan fingerprint density at radius 1 is 1.28 bits per heavy atom. The van der Waals surface area contributed by atoms with Gasteiger partial charge in [-0.25, -0.2) is 0 Å². The molecule has 2 rings (SSSR count). The van der Waals surface area contributed by atoms with Crippen molar-refractivity contribution in [2.45, 2.75) is 38.6 Å². The molecule has 0 aromatic heterocycles. The number of benzene rings is 1. The SMILES string of the molecule is CC(N)c1ccc(NC(=O)C2CCCC2)cc1.Cl. The van der Waals surface area contributed by atoms with Gasteiger partial charge in [0, 0.05) is 17.6 Å². The fourth-order valence-electron chi connectivity index (χ4n) is 2.30. The van der Waals surface area contributed by atoms with Gasteiger partial charge in [0.2, 0.25) is 5.91 Å². The lowest BCUT2D eigenvalue weighted by Gasteiger charge is -2.11. The van der Waals surface area contributed by atoms with Crippen molar-refractivity contribution in [1.82, 2.24) is 0 Å². The standard InChI is InChI=1S/C14H20N2O.ClH/c1-10(15)11-6-8-13(9-7-11)16-14(17)12-4-2-3-5-12;/h6-10,12H,2-5,15H2,1H3,(H,16,17);1H. The van der Waals surface area contributed by atoms with E-state index < -0.39 is 0 Å². The molecule has 1 unspecified atom stereocenters. The summed E-state index contributed by atoms with van der Waals surface area (Å²) in [5.74, 6) is 0.374. The predicted octanol–water partition coefficient (Wildman–Crippen LogP) is 3.26. The first-order chi connectivity index (χ1) is 8.16. The van der Waals surface area contributed by atoms with E-state index >= 15 is 0 Å². The van der Waals surface area contributed by atoms with E-state index in [1.807, 2.05) is 31.2 Å². The van der Waals surface area contributed by atoms with E-state index in [0.717, 1.165) is 24.1 Å². The second-order valence-electron chi connectivity index (χ2n) is 4.88. The predicted molar refractivity (Wildman–Crippen MR) is 76.9 cm³/mol. The second kappa shape index (κ2) is 6.76. The normalized spacial score (nSPS) is 17.0. The third-order valence-electron chi connectivity index (χ3n) is 3.43. The lowest BCUT2D eigenvalue weighted by molar-refractivity contribution is -0.119. The fourth-order valence-corrected chi connectivity index (χ4v) is 2.30. The second-order valence-corrected chi connectivity index (χ2v) is 4.88. The molecule has 0 bridgehead atoms. The Morgan fingerprint density at radius 2 is 1.83 bits per heavy atom. The van der Waals surface area contributed by atoms with Crippen molar-refractivity contribution in [3.63, 3.8) is 0 Å². The zero-order valence-electron chi connectivity index (χ0n) is 10.7. The number of nitrogens with two attached hydrogens (primary N) is 1. The van der Waals surface area contributed by atoms with E-state index in [1.165, 1.54) is 12.8 Å². The van der Waals surface area contributed by atoms with E-state index in [4.69, 9.17) is 5.73 Å². The van der Waals surface area contributed by atoms with Crippen LogP contribution in [0.1, 0.15) is 44.2 Å². The molecule has 1 fully saturated rings. The molecule has 1 aromatic rings. The van der Waals surface area contributed by atoms with Crippen molar-refractivity contribution in [2.24, 2.45) is 11.7 Å². The van der Waals surface area contributed by atoms with Crippen LogP contribution in [0, 0.1) is 5.92 Å². The summed E-state index contributed by atoms with van der Waals surface area (Å²) in [6.45, 7) is 1.95. The van der Waals surface area contributed by atoms with Crippen molar-refractivity contribution < 1.29 is 4.79 Å². The van der Waals surface area contributed by atoms with E-state index in [-0.39, 0.29) is 30.3 Å². The van der Waals surface area contributed by atoms with Gasteiger partial charge in [0.25, 0.3) is 0 Å². The largest absolute Gasteiger partial charge is 0.326 e. The third-order valence-corrected chi connectivity index (χ3v) is 3.43. The molecule has 1 aromatic carbocycles. The molecule has 0 saturated heterocycles. The Bertz CT molecular complexity index is 383. The minimum absolute atomic E-state index is 0. The van der Waals surface area contributed by atoms with Crippen LogP contribution in [0.5, 0.6) is 0 Å². The van der Waals surface area contributed by atoms with Crippen LogP contribution in [-0.4, -0.2) is 5.91 Å². The number of amides is 1. The highest BCUT2D eigenvalue weighted by molar-refractivity contribution is 5.92. The molecule has 3 nitrogen and oxygen atoms in total. The van der Waals surface area contributed by atoms with Gasteiger partial charge in [0.1, 0.15) is 0 Å². The van der Waals surface area contributed by atoms with Gasteiger partial charge < -0.3 is 11.1 Å². The van der Waals surface area contributed by atoms with Gasteiger partial charge in [0.15, 0.2) is 0 Å². The molecule has 0 radical (unpaired) electrons. The number of carbonyl (C=O) groups excluding carboxylic acids is 1. The van der Waals surface area contributed by atoms with Gasteiger partial charge >= 0.3 is 0 Å². The fraction of sp³-hybridized carbons (Fsp3) is 0.500. The Labute approximate surface area is 115 Å². The first-order valence-electron chi connectivity index (χ1n) is 6.33. The number of hydrogen-bond acceptors (Lipinski definition) is 2. The summed E-state index contributed by atoms with van der Waals surface area (Å²) >= 11 is 0. The van der Waals surface area contributed by atoms with Crippen molar-refractivity contribution >= 4 is 24.0 Å². The van der Waals surface area contributed by atoms with E-state index in [1.54, 1.807) is 0 Å². The van der Waals surface area contributed by atoms with E-state index in [2.05, 4.69) is 5.32 Å². The highest BCUT2D eigenvalue weighted by Crippen LogP contribution is 2.26. The summed E-state index contributed by atoms with van der Waals surface area (Å²) in [6.07, 6.45) is 4.43. The van der Waals surface area contributed by atoms with Gasteiger partial charge in [-0.3, -0.25) is 4.79 Å². The maximum absolute atomic E-state index is 11.9. The molecule has 1 atom stereocenters. The molecule has 4 heteroatoms. The maximum atomic E-state index is 11.9. The molecule has 0 spiro atoms. The molecule has 100 valence electrons. The summed E-state index contributed by atoms with van der Waals surface area (Å²) in [7, 11) is 0. The van der Waals surface area contributed by atoms with Gasteiger partial charge in [-0.1, -0.05) is 25.0 Å². The van der Waals surface area contributed by atoms with E-state index in [9.17, 15) is 4.79 Å². The van der Waals surface area contributed by atoms with Crippen LogP contribution in [-0.2, 0) is 4.79 Å². The average molecular weight is 269 g/mol. The topological polar surface area (TPSA) is 55.1 Å². The number of hydrogen-bond donors (Lipinski definition) is 2. The average Bonchev–Trinajstić information content (AvgIpc) is 2.83. The molecular weight excluding hydrogens is 248 g/mol. The number of nitrogens with one attached hydrogen (secondary N) is 1. The van der Waals surface area contributed by atoms with Crippen LogP contribution in [0.25, 0.3) is 0 Å². The molecule has 1 saturated carbocycles. The summed E-state index contributed by atoms with van der Waals surface area (Å²) in [4.78, 5) is 11.9. The Morgan fingerprint density at radius 3 is 2.33 bits per heavy atom. The minimum Gasteiger partial charge on any atom is -0.326 e. The molecular formula is C14H21ClN2O. The van der Waals surface area contributed by atoms with Crippen molar-refractivity contribution in [3.8, 4) is 0 Å². The molecule has 0 heterocycles. The summed E-state index contributed by atoms with van der Waals surface area (Å²) in [6, 6.07) is 7.82. The van der Waals surface area contributed by atoms with Gasteiger partial charge in [-0.2, -0.15) is 0 Å². The van der Waals surface area contributed by atoms with Crippen LogP contribution < -0.4 is 11.1 Å². The monoisotopic (exact) mass is 268 g/mol. The Kier molecular flexibility index (Phi) is 5.63. The highest BCUT2D eigenvalue weighted by atomic mass is 35.5. The molecule has 1 aliphatic carbocycles. The lowest BCUT2D eigenvalue weighted by Crippen LogP contribution is -2.20. The molecule has 1 aliphatic rings. The molecule has 0 aliphatic heterocycles. The summed E-state index contributed by atoms with van der Waals surface area (Å²) in [5.41, 5.74) is 7.73. The van der Waals surface area contributed by atoms with E-state index in [0.29, 0.717) is 0 Å². The summed E-state index contributed by atoms with van der Waals surface area (Å²) < 4.78 is 0. The van der Waals surface area contributed by atoms with Crippen LogP contribution in [0.15, 0.2) is 24.3 Å². The lowest BCUT2D eigenvalue weighted by atomic mass is 10.1. The Hall–Kier alpha value is -1.06. The van der Waals surface area contributed by atoms with Gasteiger partial charge in [-0.05, 0) is 37.5 Å². The van der Waals surface area contributed by atoms with Crippen molar-refractivity contribution in [1.29, 1.82) is 0 Å². The minimum atomic E-state index is 0. The van der Waals surface area contributed by atoms with Crippen LogP contribution in [0.4, 0.5) is 5.69 Å². The smallest absolute Gasteiger partial charge is 0.227 e. The van der Waals surface area contributed by atoms with Crippen molar-refractivity contribution in [3.05, 3.63) is 29.8 Å². The van der Waals surface area contributed by atoms with Crippen molar-refractivity contribution in [2.75, 3.05) is 5.32 Å². The number of rotatable bonds is 3. The molecule has 3 N–H and O–H groups in total. The summed E-state index contributed by atoms with van der Waals surface area (Å²) in [5, 5.41) is 2.97. The molecule has 18 heavy (non-hydrogen) atoms. The van der Waals surface area contributed by atoms with Crippen LogP contribution >= 0.6 is 12.4 Å². The zero-order valence-corrected chi connectivity index (χ0v) is 11.5. The number of carbonyl (C=O) groups is 1. The van der Waals surface area contributed by atoms with Gasteiger partial charge in [-0.15, -0.1) is 12.4 Å². The Balaban J connectivity index is 0.00000162. The van der Waals surface area contributed by atoms with Gasteiger partial charge in [0.05, 0.1) is 0 Å². The maximum Gasteiger partial charge on any atom is 0.227 e. The third kappa shape index (κ3) is 3.72. The first-order valence-corrected chi connectivity index (χ1v) is 6.33. The number of anilines is 1. The first kappa shape index (κ1) is 15.0.